The minimum absolute atomic E-state index is 0.500. The Morgan fingerprint density at radius 3 is 2.03 bits per heavy atom. The van der Waals surface area contributed by atoms with E-state index >= 15 is 0 Å². The molecule has 35 heavy (non-hydrogen) atoms. The van der Waals surface area contributed by atoms with Gasteiger partial charge in [0.05, 0.1) is 0 Å². The molecule has 0 radical (unpaired) electrons. The Labute approximate surface area is 206 Å². The fraction of sp³-hybridized carbons (Fsp3) is 0.161. The first-order valence-corrected chi connectivity index (χ1v) is 12.1. The van der Waals surface area contributed by atoms with Crippen molar-refractivity contribution in [2.24, 2.45) is 0 Å². The molecule has 0 unspecified atom stereocenters. The SMILES string of the molecule is c1ccc(COc2ccc(CNCCc3c[nH]c4ccccc34)cc2OCc2ccccc2)cc1. The van der Waals surface area contributed by atoms with Crippen molar-refractivity contribution in [2.45, 2.75) is 26.2 Å². The van der Waals surface area contributed by atoms with Crippen molar-refractivity contribution < 1.29 is 9.47 Å². The molecule has 0 saturated heterocycles. The molecular weight excluding hydrogens is 432 g/mol. The van der Waals surface area contributed by atoms with Gasteiger partial charge in [0, 0.05) is 23.6 Å². The monoisotopic (exact) mass is 462 g/mol. The van der Waals surface area contributed by atoms with E-state index in [9.17, 15) is 0 Å². The third kappa shape index (κ3) is 6.11. The van der Waals surface area contributed by atoms with Crippen molar-refractivity contribution in [1.29, 1.82) is 0 Å². The van der Waals surface area contributed by atoms with Crippen LogP contribution in [0.5, 0.6) is 11.5 Å². The number of ether oxygens (including phenoxy) is 2. The lowest BCUT2D eigenvalue weighted by molar-refractivity contribution is 0.255. The summed E-state index contributed by atoms with van der Waals surface area (Å²) in [5, 5.41) is 4.87. The minimum atomic E-state index is 0.500. The van der Waals surface area contributed by atoms with Crippen LogP contribution in [-0.4, -0.2) is 11.5 Å². The van der Waals surface area contributed by atoms with Crippen LogP contribution in [0.25, 0.3) is 10.9 Å². The van der Waals surface area contributed by atoms with Crippen LogP contribution in [0.3, 0.4) is 0 Å². The molecule has 0 amide bonds. The summed E-state index contributed by atoms with van der Waals surface area (Å²) in [4.78, 5) is 3.35. The second-order valence-electron chi connectivity index (χ2n) is 8.62. The van der Waals surface area contributed by atoms with Crippen LogP contribution in [0.15, 0.2) is 109 Å². The van der Waals surface area contributed by atoms with Gasteiger partial charge in [-0.3, -0.25) is 0 Å². The summed E-state index contributed by atoms with van der Waals surface area (Å²) in [6.45, 7) is 2.67. The van der Waals surface area contributed by atoms with E-state index in [-0.39, 0.29) is 0 Å². The highest BCUT2D eigenvalue weighted by atomic mass is 16.5. The van der Waals surface area contributed by atoms with E-state index in [0.29, 0.717) is 13.2 Å². The molecule has 2 N–H and O–H groups in total. The average molecular weight is 463 g/mol. The maximum atomic E-state index is 6.21. The van der Waals surface area contributed by atoms with Gasteiger partial charge in [-0.2, -0.15) is 0 Å². The molecule has 176 valence electrons. The number of fused-ring (bicyclic) bond motifs is 1. The maximum absolute atomic E-state index is 6.21. The Balaban J connectivity index is 1.22. The summed E-state index contributed by atoms with van der Waals surface area (Å²) in [6, 6.07) is 35.0. The van der Waals surface area contributed by atoms with Gasteiger partial charge in [0.2, 0.25) is 0 Å². The third-order valence-electron chi connectivity index (χ3n) is 6.06. The third-order valence-corrected chi connectivity index (χ3v) is 6.06. The zero-order valence-electron chi connectivity index (χ0n) is 19.7. The second-order valence-corrected chi connectivity index (χ2v) is 8.62. The van der Waals surface area contributed by atoms with Crippen molar-refractivity contribution in [2.75, 3.05) is 6.54 Å². The van der Waals surface area contributed by atoms with Crippen LogP contribution in [-0.2, 0) is 26.2 Å². The van der Waals surface area contributed by atoms with Gasteiger partial charge in [-0.1, -0.05) is 84.9 Å². The Kier molecular flexibility index (Phi) is 7.42. The standard InChI is InChI=1S/C31H30N2O2/c1-3-9-24(10-4-1)22-34-30-16-15-26(19-31(30)35-23-25-11-5-2-6-12-25)20-32-18-17-27-21-33-29-14-8-7-13-28(27)29/h1-16,19,21,32-33H,17-18,20,22-23H2. The molecular formula is C31H30N2O2. The Morgan fingerprint density at radius 2 is 1.29 bits per heavy atom. The Morgan fingerprint density at radius 1 is 0.629 bits per heavy atom. The predicted molar refractivity (Wildman–Crippen MR) is 142 cm³/mol. The van der Waals surface area contributed by atoms with E-state index in [0.717, 1.165) is 42.1 Å². The van der Waals surface area contributed by atoms with Crippen LogP contribution < -0.4 is 14.8 Å². The summed E-state index contributed by atoms with van der Waals surface area (Å²) in [7, 11) is 0. The summed E-state index contributed by atoms with van der Waals surface area (Å²) in [5.74, 6) is 1.52. The lowest BCUT2D eigenvalue weighted by Crippen LogP contribution is -2.16. The first kappa shape index (κ1) is 22.8. The van der Waals surface area contributed by atoms with Gasteiger partial charge in [0.25, 0.3) is 0 Å². The van der Waals surface area contributed by atoms with E-state index in [1.54, 1.807) is 0 Å². The molecule has 1 heterocycles. The predicted octanol–water partition coefficient (Wildman–Crippen LogP) is 6.66. The molecule has 0 aliphatic rings. The number of aromatic nitrogens is 1. The van der Waals surface area contributed by atoms with E-state index in [4.69, 9.17) is 9.47 Å². The number of aromatic amines is 1. The van der Waals surface area contributed by atoms with Crippen molar-refractivity contribution in [1.82, 2.24) is 10.3 Å². The largest absolute Gasteiger partial charge is 0.485 e. The summed E-state index contributed by atoms with van der Waals surface area (Å²) in [6.07, 6.45) is 3.08. The first-order chi connectivity index (χ1) is 17.3. The molecule has 0 saturated carbocycles. The van der Waals surface area contributed by atoms with Crippen LogP contribution in [0.2, 0.25) is 0 Å². The quantitative estimate of drug-likeness (QED) is 0.216. The molecule has 0 bridgehead atoms. The summed E-state index contributed by atoms with van der Waals surface area (Å²) < 4.78 is 12.3. The highest BCUT2D eigenvalue weighted by Gasteiger charge is 2.09. The molecule has 0 aliphatic carbocycles. The number of hydrogen-bond donors (Lipinski definition) is 2. The van der Waals surface area contributed by atoms with Crippen molar-refractivity contribution >= 4 is 10.9 Å². The fourth-order valence-corrected chi connectivity index (χ4v) is 4.16. The molecule has 0 aliphatic heterocycles. The Hall–Kier alpha value is -4.02. The normalized spacial score (nSPS) is 11.0. The number of benzene rings is 4. The van der Waals surface area contributed by atoms with E-state index in [2.05, 4.69) is 77.2 Å². The van der Waals surface area contributed by atoms with Gasteiger partial charge in [0.15, 0.2) is 11.5 Å². The van der Waals surface area contributed by atoms with E-state index < -0.39 is 0 Å². The van der Waals surface area contributed by atoms with Crippen LogP contribution in [0.4, 0.5) is 0 Å². The Bertz CT molecular complexity index is 1350. The second kappa shape index (κ2) is 11.4. The zero-order chi connectivity index (χ0) is 23.7. The van der Waals surface area contributed by atoms with Crippen molar-refractivity contribution in [3.63, 3.8) is 0 Å². The van der Waals surface area contributed by atoms with Gasteiger partial charge >= 0.3 is 0 Å². The highest BCUT2D eigenvalue weighted by Crippen LogP contribution is 2.30. The van der Waals surface area contributed by atoms with Crippen LogP contribution >= 0.6 is 0 Å². The van der Waals surface area contributed by atoms with Gasteiger partial charge in [-0.15, -0.1) is 0 Å². The number of nitrogens with one attached hydrogen (secondary N) is 2. The first-order valence-electron chi connectivity index (χ1n) is 12.1. The van der Waals surface area contributed by atoms with Crippen molar-refractivity contribution in [3.8, 4) is 11.5 Å². The van der Waals surface area contributed by atoms with E-state index in [1.165, 1.54) is 22.0 Å². The van der Waals surface area contributed by atoms with Crippen molar-refractivity contribution in [3.05, 3.63) is 132 Å². The molecule has 4 aromatic carbocycles. The maximum Gasteiger partial charge on any atom is 0.162 e. The smallest absolute Gasteiger partial charge is 0.162 e. The lowest BCUT2D eigenvalue weighted by atomic mass is 10.1. The molecule has 4 heteroatoms. The lowest BCUT2D eigenvalue weighted by Gasteiger charge is -2.15. The molecule has 0 atom stereocenters. The number of para-hydroxylation sites is 1. The van der Waals surface area contributed by atoms with Crippen LogP contribution in [0.1, 0.15) is 22.3 Å². The molecule has 5 aromatic rings. The fourth-order valence-electron chi connectivity index (χ4n) is 4.16. The highest BCUT2D eigenvalue weighted by molar-refractivity contribution is 5.83. The number of rotatable bonds is 11. The molecule has 5 rings (SSSR count). The average Bonchev–Trinajstić information content (AvgIpc) is 3.33. The number of H-pyrrole nitrogens is 1. The zero-order valence-corrected chi connectivity index (χ0v) is 19.7. The molecule has 1 aromatic heterocycles. The van der Waals surface area contributed by atoms with Gasteiger partial charge in [0.1, 0.15) is 13.2 Å². The number of hydrogen-bond acceptors (Lipinski definition) is 3. The summed E-state index contributed by atoms with van der Waals surface area (Å²) in [5.41, 5.74) is 5.95. The molecule has 4 nitrogen and oxygen atoms in total. The van der Waals surface area contributed by atoms with Gasteiger partial charge in [-0.05, 0) is 53.4 Å². The molecule has 0 spiro atoms. The summed E-state index contributed by atoms with van der Waals surface area (Å²) >= 11 is 0. The van der Waals surface area contributed by atoms with Gasteiger partial charge < -0.3 is 19.8 Å². The van der Waals surface area contributed by atoms with Gasteiger partial charge in [-0.25, -0.2) is 0 Å². The topological polar surface area (TPSA) is 46.3 Å². The minimum Gasteiger partial charge on any atom is -0.485 e. The van der Waals surface area contributed by atoms with E-state index in [1.807, 2.05) is 42.5 Å². The molecule has 0 fully saturated rings. The van der Waals surface area contributed by atoms with Crippen LogP contribution in [0, 0.1) is 0 Å².